The maximum absolute atomic E-state index is 12.6. The van der Waals surface area contributed by atoms with E-state index in [-0.39, 0.29) is 16.9 Å². The molecular formula is C24H18BrN3O4. The van der Waals surface area contributed by atoms with Gasteiger partial charge in [0.15, 0.2) is 0 Å². The Morgan fingerprint density at radius 1 is 1.19 bits per heavy atom. The Bertz CT molecular complexity index is 1230. The second-order valence-corrected chi connectivity index (χ2v) is 7.80. The number of carbonyl (C=O) groups is 1. The van der Waals surface area contributed by atoms with Crippen LogP contribution in [0.25, 0.3) is 6.08 Å². The molecule has 1 N–H and O–H groups in total. The van der Waals surface area contributed by atoms with Gasteiger partial charge in [-0.15, -0.1) is 0 Å². The van der Waals surface area contributed by atoms with Crippen LogP contribution in [0.4, 0.5) is 11.4 Å². The fourth-order valence-corrected chi connectivity index (χ4v) is 3.19. The number of benzene rings is 3. The summed E-state index contributed by atoms with van der Waals surface area (Å²) in [6, 6.07) is 20.6. The molecule has 0 aliphatic carbocycles. The maximum atomic E-state index is 12.6. The quantitative estimate of drug-likeness (QED) is 0.195. The molecule has 0 aromatic heterocycles. The lowest BCUT2D eigenvalue weighted by Crippen LogP contribution is -2.13. The Morgan fingerprint density at radius 2 is 1.94 bits per heavy atom. The summed E-state index contributed by atoms with van der Waals surface area (Å²) in [6.07, 6.45) is 1.42. The van der Waals surface area contributed by atoms with Crippen LogP contribution in [0.5, 0.6) is 5.75 Å². The van der Waals surface area contributed by atoms with Crippen molar-refractivity contribution in [1.82, 2.24) is 0 Å². The van der Waals surface area contributed by atoms with Crippen LogP contribution in [-0.4, -0.2) is 10.8 Å². The van der Waals surface area contributed by atoms with E-state index < -0.39 is 10.8 Å². The summed E-state index contributed by atoms with van der Waals surface area (Å²) in [6.45, 7) is 2.33. The van der Waals surface area contributed by atoms with Gasteiger partial charge in [-0.2, -0.15) is 5.26 Å². The van der Waals surface area contributed by atoms with Crippen molar-refractivity contribution in [3.05, 3.63) is 104 Å². The van der Waals surface area contributed by atoms with Crippen molar-refractivity contribution in [1.29, 1.82) is 5.26 Å². The van der Waals surface area contributed by atoms with E-state index in [0.29, 0.717) is 17.9 Å². The summed E-state index contributed by atoms with van der Waals surface area (Å²) in [4.78, 5) is 23.0. The van der Waals surface area contributed by atoms with Crippen molar-refractivity contribution in [2.75, 3.05) is 5.32 Å². The molecule has 0 heterocycles. The summed E-state index contributed by atoms with van der Waals surface area (Å²) in [7, 11) is 0. The largest absolute Gasteiger partial charge is 0.488 e. The van der Waals surface area contributed by atoms with Gasteiger partial charge in [0, 0.05) is 27.9 Å². The third-order valence-corrected chi connectivity index (χ3v) is 4.96. The number of hydrogen-bond acceptors (Lipinski definition) is 5. The van der Waals surface area contributed by atoms with Crippen LogP contribution in [0.1, 0.15) is 16.7 Å². The Hall–Kier alpha value is -3.96. The van der Waals surface area contributed by atoms with Gasteiger partial charge in [-0.3, -0.25) is 14.9 Å². The van der Waals surface area contributed by atoms with Crippen LogP contribution >= 0.6 is 15.9 Å². The molecule has 3 aromatic carbocycles. The number of non-ortho nitro benzene ring substituents is 1. The molecule has 0 unspecified atom stereocenters. The van der Waals surface area contributed by atoms with Crippen LogP contribution < -0.4 is 10.1 Å². The van der Waals surface area contributed by atoms with E-state index in [0.717, 1.165) is 15.6 Å². The first-order valence-electron chi connectivity index (χ1n) is 9.51. The summed E-state index contributed by atoms with van der Waals surface area (Å²) >= 11 is 3.39. The fraction of sp³-hybridized carbons (Fsp3) is 0.0833. The SMILES string of the molecule is Cc1ccc(COc2ccc(Br)cc2/C=C(/C#N)C(=O)Nc2cccc([N+](=O)[O-])c2)cc1. The Kier molecular flexibility index (Phi) is 7.37. The third kappa shape index (κ3) is 6.03. The number of nitro benzene ring substituents is 1. The van der Waals surface area contributed by atoms with E-state index in [4.69, 9.17) is 4.74 Å². The molecule has 3 aromatic rings. The van der Waals surface area contributed by atoms with E-state index in [2.05, 4.69) is 21.2 Å². The van der Waals surface area contributed by atoms with Gasteiger partial charge in [-0.25, -0.2) is 0 Å². The number of nitrogens with zero attached hydrogens (tertiary/aromatic N) is 2. The van der Waals surface area contributed by atoms with Crippen molar-refractivity contribution in [2.24, 2.45) is 0 Å². The number of aryl methyl sites for hydroxylation is 1. The normalized spacial score (nSPS) is 10.8. The molecule has 1 amide bonds. The molecule has 0 aliphatic rings. The molecule has 8 heteroatoms. The van der Waals surface area contributed by atoms with E-state index in [1.165, 1.54) is 30.3 Å². The number of halogens is 1. The van der Waals surface area contributed by atoms with Gasteiger partial charge in [0.2, 0.25) is 0 Å². The second kappa shape index (κ2) is 10.4. The van der Waals surface area contributed by atoms with Crippen molar-refractivity contribution in [3.8, 4) is 11.8 Å². The molecule has 3 rings (SSSR count). The van der Waals surface area contributed by atoms with Gasteiger partial charge >= 0.3 is 0 Å². The van der Waals surface area contributed by atoms with Crippen LogP contribution in [-0.2, 0) is 11.4 Å². The monoisotopic (exact) mass is 491 g/mol. The Morgan fingerprint density at radius 3 is 2.62 bits per heavy atom. The van der Waals surface area contributed by atoms with Crippen LogP contribution in [0.2, 0.25) is 0 Å². The smallest absolute Gasteiger partial charge is 0.271 e. The standard InChI is InChI=1S/C24H18BrN3O4/c1-16-5-7-17(8-6-16)15-32-23-10-9-20(25)12-18(23)11-19(14-26)24(29)27-21-3-2-4-22(13-21)28(30)31/h2-13H,15H2,1H3,(H,27,29)/b19-11-. The number of nitro groups is 1. The highest BCUT2D eigenvalue weighted by Crippen LogP contribution is 2.27. The third-order valence-electron chi connectivity index (χ3n) is 4.47. The average Bonchev–Trinajstić information content (AvgIpc) is 2.78. The molecule has 32 heavy (non-hydrogen) atoms. The molecule has 0 saturated carbocycles. The van der Waals surface area contributed by atoms with E-state index in [9.17, 15) is 20.2 Å². The summed E-state index contributed by atoms with van der Waals surface area (Å²) in [5.74, 6) is -0.179. The van der Waals surface area contributed by atoms with Crippen LogP contribution in [0, 0.1) is 28.4 Å². The predicted molar refractivity (Wildman–Crippen MR) is 125 cm³/mol. The molecule has 0 spiro atoms. The van der Waals surface area contributed by atoms with Crippen molar-refractivity contribution in [3.63, 3.8) is 0 Å². The van der Waals surface area contributed by atoms with Gasteiger partial charge in [0.25, 0.3) is 11.6 Å². The van der Waals surface area contributed by atoms with Gasteiger partial charge in [-0.05, 0) is 42.8 Å². The van der Waals surface area contributed by atoms with Crippen molar-refractivity contribution in [2.45, 2.75) is 13.5 Å². The van der Waals surface area contributed by atoms with E-state index in [1.807, 2.05) is 37.3 Å². The second-order valence-electron chi connectivity index (χ2n) is 6.89. The van der Waals surface area contributed by atoms with Crippen molar-refractivity contribution < 1.29 is 14.5 Å². The molecule has 0 bridgehead atoms. The molecule has 0 radical (unpaired) electrons. The van der Waals surface area contributed by atoms with Gasteiger partial charge < -0.3 is 10.1 Å². The highest BCUT2D eigenvalue weighted by Gasteiger charge is 2.14. The number of ether oxygens (including phenoxy) is 1. The number of nitriles is 1. The predicted octanol–water partition coefficient (Wildman–Crippen LogP) is 5.79. The first-order chi connectivity index (χ1) is 15.4. The summed E-state index contributed by atoms with van der Waals surface area (Å²) in [5.41, 5.74) is 2.55. The van der Waals surface area contributed by atoms with Crippen LogP contribution in [0.15, 0.2) is 76.8 Å². The lowest BCUT2D eigenvalue weighted by molar-refractivity contribution is -0.384. The molecule has 0 saturated heterocycles. The number of hydrogen-bond donors (Lipinski definition) is 1. The minimum atomic E-state index is -0.683. The topological polar surface area (TPSA) is 105 Å². The van der Waals surface area contributed by atoms with E-state index >= 15 is 0 Å². The summed E-state index contributed by atoms with van der Waals surface area (Å²) in [5, 5.41) is 23.0. The van der Waals surface area contributed by atoms with Gasteiger partial charge in [-0.1, -0.05) is 51.8 Å². The Balaban J connectivity index is 1.82. The van der Waals surface area contributed by atoms with Gasteiger partial charge in [0.05, 0.1) is 4.92 Å². The highest BCUT2D eigenvalue weighted by molar-refractivity contribution is 9.10. The molecule has 0 aliphatic heterocycles. The number of anilines is 1. The number of carbonyl (C=O) groups excluding carboxylic acids is 1. The minimum absolute atomic E-state index is 0.163. The van der Waals surface area contributed by atoms with Crippen molar-refractivity contribution >= 4 is 39.3 Å². The molecule has 7 nitrogen and oxygen atoms in total. The number of nitrogens with one attached hydrogen (secondary N) is 1. The summed E-state index contributed by atoms with van der Waals surface area (Å²) < 4.78 is 6.67. The molecule has 0 atom stereocenters. The lowest BCUT2D eigenvalue weighted by atomic mass is 10.1. The molecule has 0 fully saturated rings. The minimum Gasteiger partial charge on any atom is -0.488 e. The van der Waals surface area contributed by atoms with Crippen LogP contribution in [0.3, 0.4) is 0 Å². The number of amides is 1. The zero-order valence-electron chi connectivity index (χ0n) is 17.0. The first kappa shape index (κ1) is 22.7. The fourth-order valence-electron chi connectivity index (χ4n) is 2.81. The Labute approximate surface area is 193 Å². The maximum Gasteiger partial charge on any atom is 0.271 e. The highest BCUT2D eigenvalue weighted by atomic mass is 79.9. The zero-order valence-corrected chi connectivity index (χ0v) is 18.6. The van der Waals surface area contributed by atoms with E-state index in [1.54, 1.807) is 18.2 Å². The lowest BCUT2D eigenvalue weighted by Gasteiger charge is -2.11. The zero-order chi connectivity index (χ0) is 23.1. The molecule has 160 valence electrons. The van der Waals surface area contributed by atoms with Gasteiger partial charge in [0.1, 0.15) is 24.0 Å². The average molecular weight is 492 g/mol. The first-order valence-corrected chi connectivity index (χ1v) is 10.3. The molecular weight excluding hydrogens is 474 g/mol. The number of rotatable bonds is 7.